The molecule has 5 aromatic rings. The van der Waals surface area contributed by atoms with Crippen LogP contribution in [0.2, 0.25) is 0 Å². The Balaban J connectivity index is 1.50. The monoisotopic (exact) mass is 427 g/mol. The molecule has 0 radical (unpaired) electrons. The smallest absolute Gasteiger partial charge is 0.214 e. The Kier molecular flexibility index (Phi) is 4.14. The molecule has 0 fully saturated rings. The van der Waals surface area contributed by atoms with Gasteiger partial charge < -0.3 is 4.57 Å². The van der Waals surface area contributed by atoms with Gasteiger partial charge in [-0.3, -0.25) is 4.40 Å². The van der Waals surface area contributed by atoms with Crippen molar-refractivity contribution in [2.24, 2.45) is 7.05 Å². The highest BCUT2D eigenvalue weighted by atomic mass is 79.9. The fourth-order valence-electron chi connectivity index (χ4n) is 3.55. The zero-order valence-electron chi connectivity index (χ0n) is 15.4. The summed E-state index contributed by atoms with van der Waals surface area (Å²) in [5, 5.41) is 0. The topological polar surface area (TPSA) is 22.2 Å². The summed E-state index contributed by atoms with van der Waals surface area (Å²) >= 11 is 3.48. The summed E-state index contributed by atoms with van der Waals surface area (Å²) in [6.45, 7) is 0. The summed E-state index contributed by atoms with van der Waals surface area (Å²) in [6.07, 6.45) is 4.22. The molecule has 3 nitrogen and oxygen atoms in total. The molecule has 0 saturated carbocycles. The first-order valence-corrected chi connectivity index (χ1v) is 9.94. The van der Waals surface area contributed by atoms with E-state index in [2.05, 4.69) is 105 Å². The van der Waals surface area contributed by atoms with E-state index in [4.69, 9.17) is 4.98 Å². The van der Waals surface area contributed by atoms with Crippen LogP contribution in [-0.4, -0.2) is 14.0 Å². The Morgan fingerprint density at radius 3 is 1.96 bits per heavy atom. The average Bonchev–Trinajstić information content (AvgIpc) is 3.29. The Morgan fingerprint density at radius 2 is 1.29 bits per heavy atom. The molecule has 0 aliphatic carbocycles. The Hall–Kier alpha value is -3.11. The molecule has 5 rings (SSSR count). The molecule has 0 spiro atoms. The highest BCUT2D eigenvalue weighted by Gasteiger charge is 2.12. The minimum absolute atomic E-state index is 0.931. The Bertz CT molecular complexity index is 1250. The van der Waals surface area contributed by atoms with Crippen LogP contribution >= 0.6 is 15.9 Å². The van der Waals surface area contributed by atoms with Gasteiger partial charge in [0.2, 0.25) is 5.78 Å². The molecule has 4 heteroatoms. The van der Waals surface area contributed by atoms with Gasteiger partial charge in [-0.25, -0.2) is 4.98 Å². The SMILES string of the molecule is Cn1c(-c2ccc(-c3ccccc3)cc2)cn2cc(-c3ccc(Br)cc3)nc12. The van der Waals surface area contributed by atoms with Crippen molar-refractivity contribution in [1.29, 1.82) is 0 Å². The summed E-state index contributed by atoms with van der Waals surface area (Å²) in [5.74, 6) is 0.931. The van der Waals surface area contributed by atoms with Gasteiger partial charge in [0.1, 0.15) is 0 Å². The second-order valence-corrected chi connectivity index (χ2v) is 7.77. The number of aryl methyl sites for hydroxylation is 1. The average molecular weight is 428 g/mol. The Morgan fingerprint density at radius 1 is 0.679 bits per heavy atom. The number of hydrogen-bond acceptors (Lipinski definition) is 1. The molecule has 0 aliphatic rings. The molecule has 0 saturated heterocycles. The van der Waals surface area contributed by atoms with Gasteiger partial charge in [-0.1, -0.05) is 82.7 Å². The second-order valence-electron chi connectivity index (χ2n) is 6.86. The molecule has 2 heterocycles. The van der Waals surface area contributed by atoms with Crippen molar-refractivity contribution >= 4 is 21.7 Å². The lowest BCUT2D eigenvalue weighted by molar-refractivity contribution is 0.945. The number of rotatable bonds is 3. The van der Waals surface area contributed by atoms with Crippen LogP contribution < -0.4 is 0 Å². The van der Waals surface area contributed by atoms with E-state index in [-0.39, 0.29) is 0 Å². The Labute approximate surface area is 172 Å². The molecular weight excluding hydrogens is 410 g/mol. The fourth-order valence-corrected chi connectivity index (χ4v) is 3.81. The molecule has 0 atom stereocenters. The third-order valence-electron chi connectivity index (χ3n) is 5.06. The van der Waals surface area contributed by atoms with E-state index in [0.717, 1.165) is 27.2 Å². The van der Waals surface area contributed by atoms with Crippen LogP contribution in [0, 0.1) is 0 Å². The van der Waals surface area contributed by atoms with Gasteiger partial charge in [-0.15, -0.1) is 0 Å². The molecule has 28 heavy (non-hydrogen) atoms. The number of imidazole rings is 2. The summed E-state index contributed by atoms with van der Waals surface area (Å²) in [4.78, 5) is 4.83. The van der Waals surface area contributed by atoms with Gasteiger partial charge in [0, 0.05) is 29.5 Å². The van der Waals surface area contributed by atoms with Gasteiger partial charge in [0.25, 0.3) is 0 Å². The quantitative estimate of drug-likeness (QED) is 0.324. The normalized spacial score (nSPS) is 11.2. The largest absolute Gasteiger partial charge is 0.313 e. The van der Waals surface area contributed by atoms with Crippen molar-refractivity contribution in [3.63, 3.8) is 0 Å². The summed E-state index contributed by atoms with van der Waals surface area (Å²) < 4.78 is 5.30. The van der Waals surface area contributed by atoms with Crippen LogP contribution in [-0.2, 0) is 7.05 Å². The number of halogens is 1. The first-order chi connectivity index (χ1) is 13.7. The second kappa shape index (κ2) is 6.80. The zero-order valence-corrected chi connectivity index (χ0v) is 17.0. The first-order valence-electron chi connectivity index (χ1n) is 9.15. The molecule has 0 amide bonds. The van der Waals surface area contributed by atoms with Crippen LogP contribution in [0.3, 0.4) is 0 Å². The van der Waals surface area contributed by atoms with Gasteiger partial charge >= 0.3 is 0 Å². The summed E-state index contributed by atoms with van der Waals surface area (Å²) in [6, 6.07) is 27.4. The van der Waals surface area contributed by atoms with Crippen LogP contribution in [0.25, 0.3) is 39.4 Å². The van der Waals surface area contributed by atoms with E-state index in [1.54, 1.807) is 0 Å². The number of hydrogen-bond donors (Lipinski definition) is 0. The van der Waals surface area contributed by atoms with Gasteiger partial charge in [0.15, 0.2) is 0 Å². The maximum absolute atomic E-state index is 4.83. The standard InChI is InChI=1S/C24H18BrN3/c1-27-23(20-9-7-18(8-10-20)17-5-3-2-4-6-17)16-28-15-22(26-24(27)28)19-11-13-21(25)14-12-19/h2-16H,1H3. The molecular formula is C24H18BrN3. The van der Waals surface area contributed by atoms with E-state index in [9.17, 15) is 0 Å². The van der Waals surface area contributed by atoms with E-state index >= 15 is 0 Å². The van der Waals surface area contributed by atoms with Crippen LogP contribution in [0.15, 0.2) is 95.7 Å². The minimum atomic E-state index is 0.931. The van der Waals surface area contributed by atoms with Crippen molar-refractivity contribution < 1.29 is 0 Å². The minimum Gasteiger partial charge on any atom is -0.313 e. The third-order valence-corrected chi connectivity index (χ3v) is 5.59. The lowest BCUT2D eigenvalue weighted by Crippen LogP contribution is -1.92. The van der Waals surface area contributed by atoms with E-state index in [0.29, 0.717) is 0 Å². The van der Waals surface area contributed by atoms with E-state index in [1.165, 1.54) is 16.7 Å². The van der Waals surface area contributed by atoms with Gasteiger partial charge in [0.05, 0.1) is 11.4 Å². The van der Waals surface area contributed by atoms with Crippen molar-refractivity contribution in [3.05, 3.63) is 95.7 Å². The predicted octanol–water partition coefficient (Wildman–Crippen LogP) is 6.44. The first kappa shape index (κ1) is 17.0. The number of nitrogens with zero attached hydrogens (tertiary/aromatic N) is 3. The van der Waals surface area contributed by atoms with Crippen molar-refractivity contribution in [2.45, 2.75) is 0 Å². The number of aromatic nitrogens is 3. The van der Waals surface area contributed by atoms with Crippen molar-refractivity contribution in [2.75, 3.05) is 0 Å². The molecule has 136 valence electrons. The van der Waals surface area contributed by atoms with Crippen LogP contribution in [0.1, 0.15) is 0 Å². The molecule has 2 aromatic heterocycles. The fraction of sp³-hybridized carbons (Fsp3) is 0.0417. The lowest BCUT2D eigenvalue weighted by Gasteiger charge is -2.05. The van der Waals surface area contributed by atoms with Gasteiger partial charge in [-0.2, -0.15) is 0 Å². The maximum atomic E-state index is 4.83. The summed E-state index contributed by atoms with van der Waals surface area (Å²) in [7, 11) is 2.06. The maximum Gasteiger partial charge on any atom is 0.214 e. The van der Waals surface area contributed by atoms with Crippen LogP contribution in [0.4, 0.5) is 0 Å². The number of fused-ring (bicyclic) bond motifs is 1. The summed E-state index contributed by atoms with van der Waals surface area (Å²) in [5.41, 5.74) is 6.86. The predicted molar refractivity (Wildman–Crippen MR) is 118 cm³/mol. The van der Waals surface area contributed by atoms with E-state index < -0.39 is 0 Å². The molecule has 0 N–H and O–H groups in total. The lowest BCUT2D eigenvalue weighted by atomic mass is 10.0. The van der Waals surface area contributed by atoms with Crippen molar-refractivity contribution in [3.8, 4) is 33.6 Å². The van der Waals surface area contributed by atoms with Gasteiger partial charge in [-0.05, 0) is 28.8 Å². The molecule has 0 aliphatic heterocycles. The highest BCUT2D eigenvalue weighted by molar-refractivity contribution is 9.10. The third kappa shape index (κ3) is 2.96. The zero-order chi connectivity index (χ0) is 19.1. The highest BCUT2D eigenvalue weighted by Crippen LogP contribution is 2.28. The van der Waals surface area contributed by atoms with Crippen molar-refractivity contribution in [1.82, 2.24) is 14.0 Å². The van der Waals surface area contributed by atoms with Crippen LogP contribution in [0.5, 0.6) is 0 Å². The molecule has 0 unspecified atom stereocenters. The molecule has 0 bridgehead atoms. The number of benzene rings is 3. The van der Waals surface area contributed by atoms with E-state index in [1.807, 2.05) is 18.2 Å². The molecule has 3 aromatic carbocycles.